The molecule has 2 aliphatic rings. The van der Waals surface area contributed by atoms with Crippen molar-refractivity contribution < 1.29 is 13.5 Å². The lowest BCUT2D eigenvalue weighted by molar-refractivity contribution is 0.203. The van der Waals surface area contributed by atoms with Gasteiger partial charge in [-0.2, -0.15) is 15.1 Å². The molecule has 4 N–H and O–H groups in total. The lowest BCUT2D eigenvalue weighted by Gasteiger charge is -2.32. The maximum atomic E-state index is 12.1. The number of H-pyrrole nitrogens is 1. The quantitative estimate of drug-likeness (QED) is 0.421. The Balaban J connectivity index is 1.38. The highest BCUT2D eigenvalue weighted by atomic mass is 32.2. The predicted octanol–water partition coefficient (Wildman–Crippen LogP) is 2.28. The zero-order valence-corrected chi connectivity index (χ0v) is 18.7. The molecule has 0 spiro atoms. The van der Waals surface area contributed by atoms with Crippen LogP contribution in [0, 0.1) is 5.92 Å². The van der Waals surface area contributed by atoms with Crippen molar-refractivity contribution in [3.05, 3.63) is 24.3 Å². The molecular weight excluding hydrogens is 430 g/mol. The first-order valence-corrected chi connectivity index (χ1v) is 12.8. The number of aliphatic hydroxyl groups excluding tert-OH is 1. The highest BCUT2D eigenvalue weighted by Gasteiger charge is 2.27. The third-order valence-corrected chi connectivity index (χ3v) is 7.07. The normalized spacial score (nSPS) is 17.6. The van der Waals surface area contributed by atoms with Gasteiger partial charge in [0.1, 0.15) is 11.2 Å². The van der Waals surface area contributed by atoms with Crippen LogP contribution in [0.3, 0.4) is 0 Å². The van der Waals surface area contributed by atoms with E-state index in [1.165, 1.54) is 0 Å². The molecule has 11 heteroatoms. The summed E-state index contributed by atoms with van der Waals surface area (Å²) in [6.45, 7) is 2.14. The van der Waals surface area contributed by atoms with E-state index in [9.17, 15) is 13.5 Å². The minimum Gasteiger partial charge on any atom is -0.396 e. The first-order chi connectivity index (χ1) is 15.4. The third kappa shape index (κ3) is 4.35. The van der Waals surface area contributed by atoms with Crippen molar-refractivity contribution in [1.29, 1.82) is 0 Å². The number of fused-ring (bicyclic) bond motifs is 1. The van der Waals surface area contributed by atoms with E-state index in [-0.39, 0.29) is 17.7 Å². The minimum absolute atomic E-state index is 0.0246. The Hall–Kier alpha value is -2.92. The second-order valence-electron chi connectivity index (χ2n) is 8.62. The molecule has 32 heavy (non-hydrogen) atoms. The molecule has 5 rings (SSSR count). The number of aliphatic hydroxyl groups is 1. The van der Waals surface area contributed by atoms with Crippen molar-refractivity contribution in [3.63, 3.8) is 0 Å². The van der Waals surface area contributed by atoms with Gasteiger partial charge in [0.25, 0.3) is 0 Å². The van der Waals surface area contributed by atoms with Crippen molar-refractivity contribution >= 4 is 44.0 Å². The monoisotopic (exact) mass is 457 g/mol. The lowest BCUT2D eigenvalue weighted by atomic mass is 9.97. The van der Waals surface area contributed by atoms with E-state index in [1.54, 1.807) is 0 Å². The van der Waals surface area contributed by atoms with Crippen LogP contribution in [0.25, 0.3) is 11.0 Å². The van der Waals surface area contributed by atoms with Crippen LogP contribution in [-0.4, -0.2) is 65.7 Å². The Labute approximate surface area is 186 Å². The SMILES string of the molecule is CS(=O)(=O)c1[nH]nc2nc(Nc3ccc(N4CCC(CO)CC4)cc3)nc(NC3CC3)c12. The standard InChI is InChI=1S/C21H27N7O3S/c1-32(30,31)20-17-18(22-14-2-3-14)24-21(25-19(17)26-27-20)23-15-4-6-16(7-5-15)28-10-8-13(12-29)9-11-28/h4-7,13-14,29H,2-3,8-12H2,1H3,(H3,22,23,24,25,26,27). The van der Waals surface area contributed by atoms with Crippen LogP contribution in [0.4, 0.5) is 23.1 Å². The van der Waals surface area contributed by atoms with Crippen LogP contribution in [0.15, 0.2) is 29.3 Å². The smallest absolute Gasteiger partial charge is 0.231 e. The number of hydrogen-bond donors (Lipinski definition) is 4. The molecule has 0 atom stereocenters. The number of benzene rings is 1. The molecule has 170 valence electrons. The molecule has 1 aliphatic carbocycles. The molecule has 1 saturated carbocycles. The summed E-state index contributed by atoms with van der Waals surface area (Å²) in [5, 5.41) is 23.0. The Morgan fingerprint density at radius 2 is 1.84 bits per heavy atom. The molecule has 1 aromatic carbocycles. The van der Waals surface area contributed by atoms with Gasteiger partial charge in [0, 0.05) is 43.4 Å². The Bertz CT molecular complexity index is 1210. The zero-order valence-electron chi connectivity index (χ0n) is 17.9. The number of hydrogen-bond acceptors (Lipinski definition) is 9. The molecule has 1 saturated heterocycles. The van der Waals surface area contributed by atoms with Gasteiger partial charge in [-0.3, -0.25) is 5.10 Å². The van der Waals surface area contributed by atoms with Gasteiger partial charge < -0.3 is 20.6 Å². The molecule has 2 fully saturated rings. The number of anilines is 4. The maximum absolute atomic E-state index is 12.1. The largest absolute Gasteiger partial charge is 0.396 e. The van der Waals surface area contributed by atoms with Crippen molar-refractivity contribution in [2.24, 2.45) is 5.92 Å². The fraction of sp³-hybridized carbons (Fsp3) is 0.476. The van der Waals surface area contributed by atoms with E-state index < -0.39 is 9.84 Å². The van der Waals surface area contributed by atoms with E-state index in [4.69, 9.17) is 0 Å². The lowest BCUT2D eigenvalue weighted by Crippen LogP contribution is -2.34. The van der Waals surface area contributed by atoms with E-state index in [2.05, 4.69) is 47.8 Å². The molecule has 2 aromatic heterocycles. The van der Waals surface area contributed by atoms with Crippen LogP contribution >= 0.6 is 0 Å². The summed E-state index contributed by atoms with van der Waals surface area (Å²) in [5.74, 6) is 1.23. The van der Waals surface area contributed by atoms with E-state index in [0.29, 0.717) is 28.7 Å². The summed E-state index contributed by atoms with van der Waals surface area (Å²) in [6, 6.07) is 8.35. The van der Waals surface area contributed by atoms with Gasteiger partial charge in [0.05, 0.1) is 0 Å². The van der Waals surface area contributed by atoms with Gasteiger partial charge in [-0.1, -0.05) is 0 Å². The number of sulfone groups is 1. The topological polar surface area (TPSA) is 136 Å². The minimum atomic E-state index is -3.49. The summed E-state index contributed by atoms with van der Waals surface area (Å²) in [5.41, 5.74) is 2.27. The van der Waals surface area contributed by atoms with E-state index >= 15 is 0 Å². The summed E-state index contributed by atoms with van der Waals surface area (Å²) in [4.78, 5) is 11.3. The first-order valence-electron chi connectivity index (χ1n) is 10.9. The van der Waals surface area contributed by atoms with Crippen LogP contribution < -0.4 is 15.5 Å². The number of rotatable bonds is 7. The van der Waals surface area contributed by atoms with Crippen LogP contribution in [0.1, 0.15) is 25.7 Å². The number of piperidine rings is 1. The summed E-state index contributed by atoms with van der Waals surface area (Å²) in [6.07, 6.45) is 5.19. The van der Waals surface area contributed by atoms with Gasteiger partial charge in [0.2, 0.25) is 5.95 Å². The highest BCUT2D eigenvalue weighted by molar-refractivity contribution is 7.90. The Morgan fingerprint density at radius 1 is 1.12 bits per heavy atom. The third-order valence-electron chi connectivity index (χ3n) is 6.03. The molecule has 3 aromatic rings. The maximum Gasteiger partial charge on any atom is 0.231 e. The molecule has 0 amide bonds. The van der Waals surface area contributed by atoms with Crippen LogP contribution in [0.2, 0.25) is 0 Å². The van der Waals surface area contributed by atoms with E-state index in [0.717, 1.165) is 56.4 Å². The fourth-order valence-corrected chi connectivity index (χ4v) is 4.78. The second-order valence-corrected chi connectivity index (χ2v) is 10.6. The molecule has 1 aliphatic heterocycles. The first kappa shape index (κ1) is 21.0. The van der Waals surface area contributed by atoms with Crippen molar-refractivity contribution in [2.75, 3.05) is 41.5 Å². The van der Waals surface area contributed by atoms with Crippen molar-refractivity contribution in [1.82, 2.24) is 20.2 Å². The van der Waals surface area contributed by atoms with Gasteiger partial charge in [-0.05, 0) is 55.9 Å². The molecule has 3 heterocycles. The fourth-order valence-electron chi connectivity index (χ4n) is 4.01. The Morgan fingerprint density at radius 3 is 2.47 bits per heavy atom. The Kier molecular flexibility index (Phi) is 5.38. The van der Waals surface area contributed by atoms with Gasteiger partial charge in [0.15, 0.2) is 20.5 Å². The second kappa shape index (κ2) is 8.21. The zero-order chi connectivity index (χ0) is 22.3. The number of aromatic amines is 1. The molecular formula is C21H27N7O3S. The van der Waals surface area contributed by atoms with Gasteiger partial charge in [-0.15, -0.1) is 0 Å². The van der Waals surface area contributed by atoms with Crippen LogP contribution in [0.5, 0.6) is 0 Å². The average molecular weight is 458 g/mol. The average Bonchev–Trinajstić information content (AvgIpc) is 3.48. The van der Waals surface area contributed by atoms with E-state index in [1.807, 2.05) is 12.1 Å². The van der Waals surface area contributed by atoms with Gasteiger partial charge >= 0.3 is 0 Å². The number of nitrogens with one attached hydrogen (secondary N) is 3. The van der Waals surface area contributed by atoms with Crippen molar-refractivity contribution in [3.8, 4) is 0 Å². The molecule has 0 unspecified atom stereocenters. The van der Waals surface area contributed by atoms with Crippen LogP contribution in [-0.2, 0) is 9.84 Å². The molecule has 0 radical (unpaired) electrons. The predicted molar refractivity (Wildman–Crippen MR) is 123 cm³/mol. The highest BCUT2D eigenvalue weighted by Crippen LogP contribution is 2.32. The molecule has 10 nitrogen and oxygen atoms in total. The number of nitrogens with zero attached hydrogens (tertiary/aromatic N) is 4. The summed E-state index contributed by atoms with van der Waals surface area (Å²) >= 11 is 0. The number of aromatic nitrogens is 4. The molecule has 0 bridgehead atoms. The summed E-state index contributed by atoms with van der Waals surface area (Å²) in [7, 11) is -3.49. The summed E-state index contributed by atoms with van der Waals surface area (Å²) < 4.78 is 24.3. The van der Waals surface area contributed by atoms with Gasteiger partial charge in [-0.25, -0.2) is 8.42 Å². The van der Waals surface area contributed by atoms with Crippen molar-refractivity contribution in [2.45, 2.75) is 36.8 Å².